The number of esters is 1. The van der Waals surface area contributed by atoms with Gasteiger partial charge in [-0.15, -0.1) is 0 Å². The first-order valence-electron chi connectivity index (χ1n) is 10.1. The minimum Gasteiger partial charge on any atom is -0.748 e. The van der Waals surface area contributed by atoms with Gasteiger partial charge in [0, 0.05) is 5.57 Å². The van der Waals surface area contributed by atoms with E-state index in [0.717, 1.165) is 6.92 Å². The molecule has 0 fully saturated rings. The molecule has 0 N–H and O–H groups in total. The summed E-state index contributed by atoms with van der Waals surface area (Å²) in [7, 11) is -5.17. The van der Waals surface area contributed by atoms with Gasteiger partial charge in [0.15, 0.2) is 14.7 Å². The lowest BCUT2D eigenvalue weighted by atomic mass is 10.3. The van der Waals surface area contributed by atoms with Crippen LogP contribution < -0.4 is 0 Å². The van der Waals surface area contributed by atoms with Gasteiger partial charge in [-0.05, 0) is 43.3 Å². The zero-order valence-electron chi connectivity index (χ0n) is 18.6. The number of rotatable bonds is 7. The van der Waals surface area contributed by atoms with Gasteiger partial charge in [0.2, 0.25) is 6.10 Å². The van der Waals surface area contributed by atoms with Crippen molar-refractivity contribution in [1.29, 1.82) is 0 Å². The summed E-state index contributed by atoms with van der Waals surface area (Å²) in [5.41, 5.74) is -0.336. The molecule has 0 aromatic heterocycles. The lowest BCUT2D eigenvalue weighted by molar-refractivity contribution is -0.213. The maximum Gasteiger partial charge on any atom is 0.426 e. The van der Waals surface area contributed by atoms with E-state index in [1.165, 1.54) is 14.7 Å². The van der Waals surface area contributed by atoms with Gasteiger partial charge in [-0.25, -0.2) is 13.2 Å². The predicted molar refractivity (Wildman–Crippen MR) is 127 cm³/mol. The van der Waals surface area contributed by atoms with Crippen LogP contribution in [-0.4, -0.2) is 37.0 Å². The third kappa shape index (κ3) is 9.59. The van der Waals surface area contributed by atoms with E-state index < -0.39 is 34.1 Å². The van der Waals surface area contributed by atoms with Gasteiger partial charge >= 0.3 is 12.1 Å². The summed E-state index contributed by atoms with van der Waals surface area (Å²) in [4.78, 5) is 14.9. The highest BCUT2D eigenvalue weighted by molar-refractivity contribution is 7.97. The summed E-state index contributed by atoms with van der Waals surface area (Å²) < 4.78 is 70.8. The molecule has 3 rings (SSSR count). The molecule has 0 radical (unpaired) electrons. The van der Waals surface area contributed by atoms with Crippen molar-refractivity contribution in [1.82, 2.24) is 0 Å². The van der Waals surface area contributed by atoms with Crippen molar-refractivity contribution in [2.24, 2.45) is 0 Å². The molecule has 0 aliphatic rings. The second-order valence-corrected chi connectivity index (χ2v) is 10.7. The SMILES string of the molecule is C=C(C)C(=O)OC(CS(=O)(=O)[O-])C(F)(F)F.c1ccc([S+](c2ccccc2)c2ccccc2)cc1. The first kappa shape index (κ1) is 28.2. The van der Waals surface area contributed by atoms with Crippen molar-refractivity contribution in [3.63, 3.8) is 0 Å². The van der Waals surface area contributed by atoms with E-state index in [0.29, 0.717) is 0 Å². The number of ether oxygens (including phenoxy) is 1. The van der Waals surface area contributed by atoms with Crippen LogP contribution >= 0.6 is 0 Å². The molecule has 0 bridgehead atoms. The van der Waals surface area contributed by atoms with Crippen LogP contribution in [0.4, 0.5) is 13.2 Å². The lowest BCUT2D eigenvalue weighted by Crippen LogP contribution is -2.39. The summed E-state index contributed by atoms with van der Waals surface area (Å²) in [6, 6.07) is 32.2. The highest BCUT2D eigenvalue weighted by Gasteiger charge is 2.44. The molecule has 0 aliphatic heterocycles. The largest absolute Gasteiger partial charge is 0.748 e. The Bertz CT molecular complexity index is 1110. The van der Waals surface area contributed by atoms with E-state index in [9.17, 15) is 30.9 Å². The van der Waals surface area contributed by atoms with Crippen molar-refractivity contribution in [2.75, 3.05) is 5.75 Å². The predicted octanol–water partition coefficient (Wildman–Crippen LogP) is 5.36. The summed E-state index contributed by atoms with van der Waals surface area (Å²) in [6.45, 7) is 4.10. The number of carbonyl (C=O) groups excluding carboxylic acids is 1. The number of hydrogen-bond acceptors (Lipinski definition) is 5. The fourth-order valence-corrected chi connectivity index (χ4v) is 5.42. The average Bonchev–Trinajstić information content (AvgIpc) is 2.80. The first-order chi connectivity index (χ1) is 16.4. The van der Waals surface area contributed by atoms with Gasteiger partial charge in [-0.3, -0.25) is 0 Å². The third-order valence-corrected chi connectivity index (χ3v) is 7.20. The molecule has 5 nitrogen and oxygen atoms in total. The van der Waals surface area contributed by atoms with Crippen LogP contribution in [0.2, 0.25) is 0 Å². The molecule has 3 aromatic carbocycles. The van der Waals surface area contributed by atoms with E-state index in [1.54, 1.807) is 0 Å². The first-order valence-corrected chi connectivity index (χ1v) is 12.9. The van der Waals surface area contributed by atoms with Gasteiger partial charge in [-0.2, -0.15) is 13.2 Å². The molecule has 0 spiro atoms. The zero-order chi connectivity index (χ0) is 26.1. The van der Waals surface area contributed by atoms with E-state index in [-0.39, 0.29) is 16.5 Å². The summed E-state index contributed by atoms with van der Waals surface area (Å²) in [6.07, 6.45) is -8.10. The van der Waals surface area contributed by atoms with Crippen LogP contribution in [0.25, 0.3) is 0 Å². The molecule has 0 saturated heterocycles. The highest BCUT2D eigenvalue weighted by atomic mass is 32.2. The number of benzene rings is 3. The smallest absolute Gasteiger partial charge is 0.426 e. The quantitative estimate of drug-likeness (QED) is 0.180. The van der Waals surface area contributed by atoms with Crippen molar-refractivity contribution in [2.45, 2.75) is 33.9 Å². The average molecular weight is 525 g/mol. The molecule has 186 valence electrons. The van der Waals surface area contributed by atoms with Gasteiger partial charge in [-0.1, -0.05) is 61.2 Å². The zero-order valence-corrected chi connectivity index (χ0v) is 20.3. The number of halogens is 3. The molecule has 35 heavy (non-hydrogen) atoms. The standard InChI is InChI=1S/C18H15S.C7H9F3O5S/c1-4-10-16(11-5-1)19(17-12-6-2-7-13-17)18-14-8-3-9-15-18;1-4(2)6(11)15-5(7(8,9)10)3-16(12,13)14/h1-15H;5H,1,3H2,2H3,(H,12,13,14)/q+1;/p-1. The fourth-order valence-electron chi connectivity index (χ4n) is 2.69. The highest BCUT2D eigenvalue weighted by Crippen LogP contribution is 2.30. The molecule has 3 aromatic rings. The molecular weight excluding hydrogens is 501 g/mol. The molecular formula is C25H23F3O5S2. The van der Waals surface area contributed by atoms with Crippen LogP contribution in [0, 0.1) is 0 Å². The minimum atomic E-state index is -5.15. The van der Waals surface area contributed by atoms with Crippen LogP contribution in [0.1, 0.15) is 6.92 Å². The molecule has 0 aliphatic carbocycles. The Balaban J connectivity index is 0.000000252. The molecule has 0 heterocycles. The van der Waals surface area contributed by atoms with Crippen molar-refractivity contribution < 1.29 is 35.7 Å². The van der Waals surface area contributed by atoms with Gasteiger partial charge in [0.05, 0.1) is 26.8 Å². The Morgan fingerprint density at radius 2 is 1.23 bits per heavy atom. The Kier molecular flexibility index (Phi) is 10.1. The van der Waals surface area contributed by atoms with Crippen LogP contribution in [0.15, 0.2) is 118 Å². The number of hydrogen-bond donors (Lipinski definition) is 0. The van der Waals surface area contributed by atoms with E-state index in [2.05, 4.69) is 102 Å². The molecule has 0 saturated carbocycles. The maximum absolute atomic E-state index is 12.2. The fraction of sp³-hybridized carbons (Fsp3) is 0.160. The monoisotopic (exact) mass is 524 g/mol. The summed E-state index contributed by atoms with van der Waals surface area (Å²) >= 11 is 0. The lowest BCUT2D eigenvalue weighted by Gasteiger charge is -2.21. The van der Waals surface area contributed by atoms with Crippen molar-refractivity contribution >= 4 is 27.0 Å². The Hall–Kier alpha value is -3.08. The second-order valence-electron chi connectivity index (χ2n) is 7.19. The second kappa shape index (κ2) is 12.6. The third-order valence-electron chi connectivity index (χ3n) is 4.26. The summed E-state index contributed by atoms with van der Waals surface area (Å²) in [5, 5.41) is 0. The van der Waals surface area contributed by atoms with Gasteiger partial charge < -0.3 is 9.29 Å². The van der Waals surface area contributed by atoms with Gasteiger partial charge in [0.25, 0.3) is 0 Å². The molecule has 0 amide bonds. The number of alkyl halides is 3. The van der Waals surface area contributed by atoms with Crippen molar-refractivity contribution in [3.05, 3.63) is 103 Å². The molecule has 1 unspecified atom stereocenters. The van der Waals surface area contributed by atoms with Crippen LogP contribution in [0.3, 0.4) is 0 Å². The Labute approximate surface area is 205 Å². The van der Waals surface area contributed by atoms with E-state index in [4.69, 9.17) is 0 Å². The topological polar surface area (TPSA) is 83.5 Å². The summed E-state index contributed by atoms with van der Waals surface area (Å²) in [5.74, 6) is -3.26. The maximum atomic E-state index is 12.2. The van der Waals surface area contributed by atoms with E-state index in [1.807, 2.05) is 0 Å². The minimum absolute atomic E-state index is 0.0146. The number of carbonyl (C=O) groups is 1. The Morgan fingerprint density at radius 3 is 1.49 bits per heavy atom. The Morgan fingerprint density at radius 1 is 0.886 bits per heavy atom. The van der Waals surface area contributed by atoms with Crippen LogP contribution in [-0.2, 0) is 30.5 Å². The molecule has 1 atom stereocenters. The van der Waals surface area contributed by atoms with Crippen LogP contribution in [0.5, 0.6) is 0 Å². The normalized spacial score (nSPS) is 12.3. The molecule has 10 heteroatoms. The van der Waals surface area contributed by atoms with E-state index >= 15 is 0 Å². The van der Waals surface area contributed by atoms with Gasteiger partial charge in [0.1, 0.15) is 0 Å². The van der Waals surface area contributed by atoms with Crippen molar-refractivity contribution in [3.8, 4) is 0 Å².